The van der Waals surface area contributed by atoms with Crippen LogP contribution in [0.1, 0.15) is 29.2 Å². The van der Waals surface area contributed by atoms with Crippen LogP contribution < -0.4 is 15.0 Å². The zero-order valence-electron chi connectivity index (χ0n) is 16.4. The number of hydrogen-bond donors (Lipinski definition) is 1. The lowest BCUT2D eigenvalue weighted by molar-refractivity contribution is -0.671. The normalized spacial score (nSPS) is 12.0. The quantitative estimate of drug-likeness (QED) is 0.589. The second-order valence-corrected chi connectivity index (χ2v) is 6.94. The average molecular weight is 365 g/mol. The number of anilines is 1. The van der Waals surface area contributed by atoms with E-state index in [0.717, 1.165) is 31.0 Å². The fourth-order valence-electron chi connectivity index (χ4n) is 3.38. The number of hydrogen-bond acceptors (Lipinski definition) is 3. The summed E-state index contributed by atoms with van der Waals surface area (Å²) in [6.45, 7) is 1.99. The van der Waals surface area contributed by atoms with Crippen LogP contribution in [-0.4, -0.2) is 27.7 Å². The molecule has 3 rings (SSSR count). The molecule has 0 amide bonds. The molecule has 0 fully saturated rings. The Morgan fingerprint density at radius 1 is 1.00 bits per heavy atom. The van der Waals surface area contributed by atoms with Crippen molar-refractivity contribution in [2.24, 2.45) is 0 Å². The predicted molar refractivity (Wildman–Crippen MR) is 109 cm³/mol. The van der Waals surface area contributed by atoms with Crippen LogP contribution in [0.15, 0.2) is 71.3 Å². The SMILES string of the molecule is COc1ccccc1[C@H](CC[NH2+]Cc1ccc(N(C)C)cc1)c1ccco1. The van der Waals surface area contributed by atoms with E-state index in [1.807, 2.05) is 18.2 Å². The molecule has 1 atom stereocenters. The van der Waals surface area contributed by atoms with E-state index >= 15 is 0 Å². The summed E-state index contributed by atoms with van der Waals surface area (Å²) in [7, 11) is 5.85. The highest BCUT2D eigenvalue weighted by atomic mass is 16.5. The van der Waals surface area contributed by atoms with E-state index in [1.54, 1.807) is 13.4 Å². The van der Waals surface area contributed by atoms with Gasteiger partial charge >= 0.3 is 0 Å². The predicted octanol–water partition coefficient (Wildman–Crippen LogP) is 3.64. The number of furan rings is 1. The Hall–Kier alpha value is -2.72. The lowest BCUT2D eigenvalue weighted by Crippen LogP contribution is -2.82. The van der Waals surface area contributed by atoms with Crippen LogP contribution >= 0.6 is 0 Å². The van der Waals surface area contributed by atoms with Crippen LogP contribution in [0.3, 0.4) is 0 Å². The zero-order chi connectivity index (χ0) is 19.1. The van der Waals surface area contributed by atoms with Crippen molar-refractivity contribution in [2.75, 3.05) is 32.6 Å². The molecule has 142 valence electrons. The second-order valence-electron chi connectivity index (χ2n) is 6.94. The molecule has 0 bridgehead atoms. The first kappa shape index (κ1) is 19.1. The van der Waals surface area contributed by atoms with E-state index in [2.05, 4.69) is 66.8 Å². The summed E-state index contributed by atoms with van der Waals surface area (Å²) >= 11 is 0. The largest absolute Gasteiger partial charge is 0.496 e. The third-order valence-electron chi connectivity index (χ3n) is 4.89. The molecule has 0 aliphatic carbocycles. The molecule has 27 heavy (non-hydrogen) atoms. The minimum atomic E-state index is 0.198. The number of quaternary nitrogens is 1. The van der Waals surface area contributed by atoms with E-state index < -0.39 is 0 Å². The lowest BCUT2D eigenvalue weighted by Gasteiger charge is -2.17. The fraction of sp³-hybridized carbons (Fsp3) is 0.304. The Balaban J connectivity index is 1.62. The third-order valence-corrected chi connectivity index (χ3v) is 4.89. The number of ether oxygens (including phenoxy) is 1. The van der Waals surface area contributed by atoms with Crippen LogP contribution in [-0.2, 0) is 6.54 Å². The van der Waals surface area contributed by atoms with Gasteiger partial charge in [-0.05, 0) is 30.3 Å². The van der Waals surface area contributed by atoms with Crippen LogP contribution in [0.2, 0.25) is 0 Å². The molecule has 2 N–H and O–H groups in total. The molecule has 0 saturated heterocycles. The molecule has 4 nitrogen and oxygen atoms in total. The Bertz CT molecular complexity index is 811. The Morgan fingerprint density at radius 3 is 2.44 bits per heavy atom. The molecule has 0 aliphatic rings. The van der Waals surface area contributed by atoms with Crippen molar-refractivity contribution in [3.63, 3.8) is 0 Å². The van der Waals surface area contributed by atoms with Gasteiger partial charge in [0.25, 0.3) is 0 Å². The minimum absolute atomic E-state index is 0.198. The summed E-state index contributed by atoms with van der Waals surface area (Å²) in [4.78, 5) is 2.12. The van der Waals surface area contributed by atoms with Crippen molar-refractivity contribution in [3.05, 3.63) is 83.8 Å². The molecule has 1 heterocycles. The van der Waals surface area contributed by atoms with Gasteiger partial charge in [0.05, 0.1) is 25.8 Å². The number of nitrogens with zero attached hydrogens (tertiary/aromatic N) is 1. The molecule has 0 unspecified atom stereocenters. The maximum absolute atomic E-state index is 5.73. The molecule has 0 spiro atoms. The van der Waals surface area contributed by atoms with Crippen molar-refractivity contribution in [3.8, 4) is 5.75 Å². The lowest BCUT2D eigenvalue weighted by atomic mass is 9.92. The van der Waals surface area contributed by atoms with Gasteiger partial charge in [-0.15, -0.1) is 0 Å². The number of nitrogens with two attached hydrogens (primary N) is 1. The molecule has 3 aromatic rings. The van der Waals surface area contributed by atoms with Gasteiger partial charge in [0.1, 0.15) is 18.1 Å². The van der Waals surface area contributed by atoms with Gasteiger partial charge in [0.15, 0.2) is 0 Å². The number of methoxy groups -OCH3 is 1. The van der Waals surface area contributed by atoms with E-state index in [1.165, 1.54) is 16.8 Å². The van der Waals surface area contributed by atoms with Gasteiger partial charge < -0.3 is 19.4 Å². The minimum Gasteiger partial charge on any atom is -0.496 e. The first-order chi connectivity index (χ1) is 13.2. The topological polar surface area (TPSA) is 42.2 Å². The summed E-state index contributed by atoms with van der Waals surface area (Å²) in [5.41, 5.74) is 3.75. The summed E-state index contributed by atoms with van der Waals surface area (Å²) < 4.78 is 11.3. The van der Waals surface area contributed by atoms with Crippen molar-refractivity contribution in [2.45, 2.75) is 18.9 Å². The first-order valence-corrected chi connectivity index (χ1v) is 9.43. The highest BCUT2D eigenvalue weighted by Crippen LogP contribution is 2.34. The standard InChI is InChI=1S/C23H28N2O2/c1-25(2)19-12-10-18(11-13-19)17-24-15-14-21(23-9-6-16-27-23)20-7-4-5-8-22(20)26-3/h4-13,16,21,24H,14-15,17H2,1-3H3/p+1/t21-/m0/s1. The van der Waals surface area contributed by atoms with Gasteiger partial charge in [0, 0.05) is 37.3 Å². The van der Waals surface area contributed by atoms with Gasteiger partial charge in [-0.2, -0.15) is 0 Å². The smallest absolute Gasteiger partial charge is 0.122 e. The molecule has 2 aromatic carbocycles. The summed E-state index contributed by atoms with van der Waals surface area (Å²) in [5.74, 6) is 2.10. The van der Waals surface area contributed by atoms with Crippen LogP contribution in [0.4, 0.5) is 5.69 Å². The van der Waals surface area contributed by atoms with E-state index in [0.29, 0.717) is 0 Å². The Kier molecular flexibility index (Phi) is 6.55. The highest BCUT2D eigenvalue weighted by Gasteiger charge is 2.21. The van der Waals surface area contributed by atoms with Gasteiger partial charge in [-0.25, -0.2) is 0 Å². The fourth-order valence-corrected chi connectivity index (χ4v) is 3.38. The molecule has 0 radical (unpaired) electrons. The number of rotatable bonds is 9. The summed E-state index contributed by atoms with van der Waals surface area (Å²) in [5, 5.41) is 2.36. The molecule has 0 saturated carbocycles. The van der Waals surface area contributed by atoms with Gasteiger partial charge in [0.2, 0.25) is 0 Å². The van der Waals surface area contributed by atoms with Crippen molar-refractivity contribution in [1.82, 2.24) is 0 Å². The van der Waals surface area contributed by atoms with E-state index in [9.17, 15) is 0 Å². The average Bonchev–Trinajstić information content (AvgIpc) is 3.23. The summed E-state index contributed by atoms with van der Waals surface area (Å²) in [6, 6.07) is 21.0. The van der Waals surface area contributed by atoms with Crippen molar-refractivity contribution >= 4 is 5.69 Å². The first-order valence-electron chi connectivity index (χ1n) is 9.43. The van der Waals surface area contributed by atoms with Crippen molar-refractivity contribution < 1.29 is 14.5 Å². The molecule has 0 aliphatic heterocycles. The Labute approximate surface area is 161 Å². The maximum Gasteiger partial charge on any atom is 0.122 e. The second kappa shape index (κ2) is 9.28. The molecular weight excluding hydrogens is 336 g/mol. The number of benzene rings is 2. The molecule has 1 aromatic heterocycles. The monoisotopic (exact) mass is 365 g/mol. The molecular formula is C23H29N2O2+. The van der Waals surface area contributed by atoms with Gasteiger partial charge in [-0.1, -0.05) is 30.3 Å². The van der Waals surface area contributed by atoms with E-state index in [4.69, 9.17) is 9.15 Å². The Morgan fingerprint density at radius 2 is 1.78 bits per heavy atom. The van der Waals surface area contributed by atoms with Gasteiger partial charge in [-0.3, -0.25) is 0 Å². The third kappa shape index (κ3) is 4.92. The summed E-state index contributed by atoms with van der Waals surface area (Å²) in [6.07, 6.45) is 2.73. The zero-order valence-corrected chi connectivity index (χ0v) is 16.4. The number of para-hydroxylation sites is 1. The van der Waals surface area contributed by atoms with E-state index in [-0.39, 0.29) is 5.92 Å². The van der Waals surface area contributed by atoms with Crippen molar-refractivity contribution in [1.29, 1.82) is 0 Å². The van der Waals surface area contributed by atoms with Crippen LogP contribution in [0.25, 0.3) is 0 Å². The maximum atomic E-state index is 5.73. The highest BCUT2D eigenvalue weighted by molar-refractivity contribution is 5.45. The van der Waals surface area contributed by atoms with Crippen LogP contribution in [0.5, 0.6) is 5.75 Å². The molecule has 4 heteroatoms. The van der Waals surface area contributed by atoms with Crippen LogP contribution in [0, 0.1) is 0 Å².